The lowest BCUT2D eigenvalue weighted by atomic mass is 10.0. The van der Waals surface area contributed by atoms with Crippen molar-refractivity contribution in [3.8, 4) is 11.4 Å². The van der Waals surface area contributed by atoms with Gasteiger partial charge >= 0.3 is 0 Å². The van der Waals surface area contributed by atoms with E-state index in [2.05, 4.69) is 46.4 Å². The molecule has 0 atom stereocenters. The third-order valence-corrected chi connectivity index (χ3v) is 4.26. The van der Waals surface area contributed by atoms with Crippen LogP contribution in [0.15, 0.2) is 58.0 Å². The zero-order valence-corrected chi connectivity index (χ0v) is 18.8. The van der Waals surface area contributed by atoms with E-state index in [4.69, 9.17) is 21.9 Å². The van der Waals surface area contributed by atoms with Crippen LogP contribution in [0.1, 0.15) is 31.2 Å². The van der Waals surface area contributed by atoms with Crippen molar-refractivity contribution in [1.82, 2.24) is 10.1 Å². The topological polar surface area (TPSA) is 89.3 Å². The first-order valence-corrected chi connectivity index (χ1v) is 9.14. The Balaban J connectivity index is 0.00000280. The summed E-state index contributed by atoms with van der Waals surface area (Å²) in [6.07, 6.45) is 0.509. The van der Waals surface area contributed by atoms with Crippen LogP contribution in [0.5, 0.6) is 0 Å². The van der Waals surface area contributed by atoms with Crippen LogP contribution in [0, 0.1) is 0 Å². The predicted octanol–water partition coefficient (Wildman–Crippen LogP) is 5.10. The molecule has 3 aromatic rings. The Bertz CT molecular complexity index is 924. The number of hydrogen-bond donors (Lipinski definition) is 2. The molecule has 0 bridgehead atoms. The first-order chi connectivity index (χ1) is 13.0. The molecule has 0 radical (unpaired) electrons. The highest BCUT2D eigenvalue weighted by Crippen LogP contribution is 2.19. The Morgan fingerprint density at radius 1 is 1.21 bits per heavy atom. The van der Waals surface area contributed by atoms with Crippen LogP contribution < -0.4 is 11.1 Å². The highest BCUT2D eigenvalue weighted by Gasteiger charge is 2.08. The van der Waals surface area contributed by atoms with Gasteiger partial charge in [0.2, 0.25) is 11.7 Å². The van der Waals surface area contributed by atoms with Gasteiger partial charge in [0.15, 0.2) is 5.96 Å². The van der Waals surface area contributed by atoms with Gasteiger partial charge in [-0.25, -0.2) is 0 Å². The Kier molecular flexibility index (Phi) is 8.25. The van der Waals surface area contributed by atoms with Crippen molar-refractivity contribution in [2.24, 2.45) is 10.7 Å². The minimum Gasteiger partial charge on any atom is -0.370 e. The van der Waals surface area contributed by atoms with Gasteiger partial charge in [-0.05, 0) is 47.9 Å². The molecule has 3 N–H and O–H groups in total. The fraction of sp³-hybridized carbons (Fsp3) is 0.250. The molecule has 0 unspecified atom stereocenters. The van der Waals surface area contributed by atoms with E-state index >= 15 is 0 Å². The van der Waals surface area contributed by atoms with Gasteiger partial charge in [0, 0.05) is 22.7 Å². The molecule has 0 saturated heterocycles. The van der Waals surface area contributed by atoms with Crippen LogP contribution in [-0.2, 0) is 6.42 Å². The van der Waals surface area contributed by atoms with Gasteiger partial charge in [0.25, 0.3) is 0 Å². The van der Waals surface area contributed by atoms with Crippen molar-refractivity contribution in [1.29, 1.82) is 0 Å². The molecule has 0 aliphatic heterocycles. The third kappa shape index (κ3) is 6.20. The van der Waals surface area contributed by atoms with Gasteiger partial charge in [-0.15, -0.1) is 24.0 Å². The van der Waals surface area contributed by atoms with Gasteiger partial charge in [0.05, 0.1) is 6.54 Å². The summed E-state index contributed by atoms with van der Waals surface area (Å²) >= 11 is 5.89. The molecule has 0 amide bonds. The number of aliphatic imine (C=N–C) groups is 1. The largest absolute Gasteiger partial charge is 0.370 e. The lowest BCUT2D eigenvalue weighted by Gasteiger charge is -2.09. The van der Waals surface area contributed by atoms with Crippen molar-refractivity contribution in [2.45, 2.75) is 26.2 Å². The Morgan fingerprint density at radius 2 is 1.96 bits per heavy atom. The van der Waals surface area contributed by atoms with Gasteiger partial charge in [0.1, 0.15) is 0 Å². The average Bonchev–Trinajstić information content (AvgIpc) is 3.11. The van der Waals surface area contributed by atoms with E-state index < -0.39 is 0 Å². The molecule has 148 valence electrons. The summed E-state index contributed by atoms with van der Waals surface area (Å²) < 4.78 is 5.27. The molecule has 0 spiro atoms. The van der Waals surface area contributed by atoms with E-state index in [1.165, 1.54) is 5.56 Å². The fourth-order valence-electron chi connectivity index (χ4n) is 2.51. The van der Waals surface area contributed by atoms with Crippen molar-refractivity contribution in [3.63, 3.8) is 0 Å². The summed E-state index contributed by atoms with van der Waals surface area (Å²) in [4.78, 5) is 8.69. The number of aromatic nitrogens is 2. The Labute approximate surface area is 186 Å². The summed E-state index contributed by atoms with van der Waals surface area (Å²) in [5.74, 6) is 1.85. The van der Waals surface area contributed by atoms with Crippen molar-refractivity contribution >= 4 is 47.2 Å². The third-order valence-electron chi connectivity index (χ3n) is 4.00. The van der Waals surface area contributed by atoms with Crippen LogP contribution in [0.3, 0.4) is 0 Å². The maximum atomic E-state index is 5.97. The van der Waals surface area contributed by atoms with E-state index in [9.17, 15) is 0 Å². The van der Waals surface area contributed by atoms with Crippen molar-refractivity contribution in [2.75, 3.05) is 11.9 Å². The maximum Gasteiger partial charge on any atom is 0.228 e. The highest BCUT2D eigenvalue weighted by molar-refractivity contribution is 14.0. The van der Waals surface area contributed by atoms with Crippen LogP contribution in [0.4, 0.5) is 5.69 Å². The average molecular weight is 512 g/mol. The number of anilines is 1. The summed E-state index contributed by atoms with van der Waals surface area (Å²) in [6.45, 7) is 4.75. The molecule has 0 fully saturated rings. The minimum atomic E-state index is 0. The molecular formula is C20H23ClIN5O. The zero-order chi connectivity index (χ0) is 19.2. The summed E-state index contributed by atoms with van der Waals surface area (Å²) in [6, 6.07) is 15.4. The van der Waals surface area contributed by atoms with E-state index in [-0.39, 0.29) is 24.0 Å². The molecule has 1 aromatic heterocycles. The lowest BCUT2D eigenvalue weighted by Crippen LogP contribution is -2.23. The maximum absolute atomic E-state index is 5.97. The number of guanidine groups is 1. The molecule has 0 aliphatic carbocycles. The number of rotatable bonds is 6. The van der Waals surface area contributed by atoms with E-state index in [0.29, 0.717) is 41.6 Å². The van der Waals surface area contributed by atoms with Gasteiger partial charge in [-0.1, -0.05) is 42.7 Å². The van der Waals surface area contributed by atoms with E-state index in [0.717, 1.165) is 11.3 Å². The molecule has 1 heterocycles. The standard InChI is InChI=1S/C20H22ClN5O.HI/c1-13(2)15-4-3-5-17(12-15)24-20(22)23-11-10-18-25-19(26-27-18)14-6-8-16(21)9-7-14;/h3-9,12-13H,10-11H2,1-2H3,(H3,22,23,24);1H. The minimum absolute atomic E-state index is 0. The molecule has 0 aliphatic rings. The Hall–Kier alpha value is -2.13. The highest BCUT2D eigenvalue weighted by atomic mass is 127. The predicted molar refractivity (Wildman–Crippen MR) is 125 cm³/mol. The summed E-state index contributed by atoms with van der Waals surface area (Å²) in [7, 11) is 0. The number of nitrogens with zero attached hydrogens (tertiary/aromatic N) is 3. The van der Waals surface area contributed by atoms with Crippen LogP contribution in [0.25, 0.3) is 11.4 Å². The molecule has 0 saturated carbocycles. The fourth-order valence-corrected chi connectivity index (χ4v) is 2.63. The molecule has 6 nitrogen and oxygen atoms in total. The monoisotopic (exact) mass is 511 g/mol. The second-order valence-electron chi connectivity index (χ2n) is 6.44. The SMILES string of the molecule is CC(C)c1cccc(NC(N)=NCCc2nc(-c3ccc(Cl)cc3)no2)c1.I. The second kappa shape index (κ2) is 10.4. The normalized spacial score (nSPS) is 11.4. The molecule has 8 heteroatoms. The van der Waals surface area contributed by atoms with Gasteiger partial charge < -0.3 is 15.6 Å². The van der Waals surface area contributed by atoms with Crippen molar-refractivity contribution < 1.29 is 4.52 Å². The lowest BCUT2D eigenvalue weighted by molar-refractivity contribution is 0.380. The zero-order valence-electron chi connectivity index (χ0n) is 15.7. The van der Waals surface area contributed by atoms with E-state index in [1.54, 1.807) is 12.1 Å². The quantitative estimate of drug-likeness (QED) is 0.273. The first-order valence-electron chi connectivity index (χ1n) is 8.76. The van der Waals surface area contributed by atoms with Crippen LogP contribution in [-0.4, -0.2) is 22.6 Å². The van der Waals surface area contributed by atoms with Gasteiger partial charge in [-0.2, -0.15) is 4.98 Å². The molecule has 28 heavy (non-hydrogen) atoms. The smallest absolute Gasteiger partial charge is 0.228 e. The summed E-state index contributed by atoms with van der Waals surface area (Å²) in [5, 5.41) is 7.76. The number of hydrogen-bond acceptors (Lipinski definition) is 4. The number of halogens is 2. The number of benzene rings is 2. The number of nitrogens with two attached hydrogens (primary N) is 1. The Morgan fingerprint density at radius 3 is 2.68 bits per heavy atom. The van der Waals surface area contributed by atoms with E-state index in [1.807, 2.05) is 24.3 Å². The van der Waals surface area contributed by atoms with Crippen LogP contribution >= 0.6 is 35.6 Å². The summed E-state index contributed by atoms with van der Waals surface area (Å²) in [5.41, 5.74) is 8.98. The first kappa shape index (κ1) is 22.2. The molecule has 2 aromatic carbocycles. The molecular weight excluding hydrogens is 489 g/mol. The number of nitrogens with one attached hydrogen (secondary N) is 1. The van der Waals surface area contributed by atoms with Crippen LogP contribution in [0.2, 0.25) is 5.02 Å². The molecule has 3 rings (SSSR count). The van der Waals surface area contributed by atoms with Gasteiger partial charge in [-0.3, -0.25) is 4.99 Å². The second-order valence-corrected chi connectivity index (χ2v) is 6.88. The van der Waals surface area contributed by atoms with Crippen molar-refractivity contribution in [3.05, 3.63) is 65.0 Å².